The van der Waals surface area contributed by atoms with Crippen molar-refractivity contribution in [1.29, 1.82) is 0 Å². The number of halogens is 2. The summed E-state index contributed by atoms with van der Waals surface area (Å²) in [6, 6.07) is 2.31. The average molecular weight is 211 g/mol. The Kier molecular flexibility index (Phi) is 3.97. The van der Waals surface area contributed by atoms with Gasteiger partial charge in [0, 0.05) is 17.7 Å². The van der Waals surface area contributed by atoms with Crippen LogP contribution >= 0.6 is 0 Å². The molecule has 3 heteroatoms. The van der Waals surface area contributed by atoms with Crippen molar-refractivity contribution in [3.05, 3.63) is 47.5 Å². The van der Waals surface area contributed by atoms with Crippen molar-refractivity contribution in [2.24, 2.45) is 0 Å². The fourth-order valence-corrected chi connectivity index (χ4v) is 1.51. The summed E-state index contributed by atoms with van der Waals surface area (Å²) < 4.78 is 26.5. The summed E-state index contributed by atoms with van der Waals surface area (Å²) in [6.07, 6.45) is 2.32. The molecule has 15 heavy (non-hydrogen) atoms. The molecule has 1 rings (SSSR count). The van der Waals surface area contributed by atoms with E-state index in [1.165, 1.54) is 6.07 Å². The minimum Gasteiger partial charge on any atom is -0.313 e. The quantitative estimate of drug-likeness (QED) is 0.754. The number of rotatable bonds is 4. The molecule has 1 unspecified atom stereocenters. The van der Waals surface area contributed by atoms with E-state index in [9.17, 15) is 8.78 Å². The van der Waals surface area contributed by atoms with E-state index < -0.39 is 11.6 Å². The smallest absolute Gasteiger partial charge is 0.130 e. The van der Waals surface area contributed by atoms with Gasteiger partial charge in [0.05, 0.1) is 0 Å². The Morgan fingerprint density at radius 1 is 1.40 bits per heavy atom. The molecule has 0 fully saturated rings. The molecule has 0 aliphatic carbocycles. The summed E-state index contributed by atoms with van der Waals surface area (Å²) in [5, 5.41) is 2.97. The van der Waals surface area contributed by atoms with E-state index in [0.717, 1.165) is 6.07 Å². The normalized spacial score (nSPS) is 12.5. The SMILES string of the molecule is C=CCC(NC)c1cc(C)c(F)cc1F. The van der Waals surface area contributed by atoms with Crippen LogP contribution in [0.3, 0.4) is 0 Å². The van der Waals surface area contributed by atoms with E-state index in [1.807, 2.05) is 0 Å². The lowest BCUT2D eigenvalue weighted by molar-refractivity contribution is 0.523. The summed E-state index contributed by atoms with van der Waals surface area (Å²) in [5.41, 5.74) is 0.937. The molecule has 0 radical (unpaired) electrons. The largest absolute Gasteiger partial charge is 0.313 e. The summed E-state index contributed by atoms with van der Waals surface area (Å²) in [7, 11) is 1.74. The lowest BCUT2D eigenvalue weighted by atomic mass is 10.0. The van der Waals surface area contributed by atoms with Crippen molar-refractivity contribution in [3.63, 3.8) is 0 Å². The molecule has 0 bridgehead atoms. The monoisotopic (exact) mass is 211 g/mol. The Hall–Kier alpha value is -1.22. The second kappa shape index (κ2) is 5.03. The van der Waals surface area contributed by atoms with Gasteiger partial charge >= 0.3 is 0 Å². The van der Waals surface area contributed by atoms with Crippen LogP contribution in [-0.4, -0.2) is 7.05 Å². The van der Waals surface area contributed by atoms with Gasteiger partial charge in [-0.3, -0.25) is 0 Å². The maximum absolute atomic E-state index is 13.5. The standard InChI is InChI=1S/C12H15F2N/c1-4-5-12(15-3)9-6-8(2)10(13)7-11(9)14/h4,6-7,12,15H,1,5H2,2-3H3. The first kappa shape index (κ1) is 11.9. The van der Waals surface area contributed by atoms with Gasteiger partial charge in [-0.25, -0.2) is 8.78 Å². The number of aryl methyl sites for hydroxylation is 1. The summed E-state index contributed by atoms with van der Waals surface area (Å²) in [5.74, 6) is -1.02. The van der Waals surface area contributed by atoms with Crippen LogP contribution < -0.4 is 5.32 Å². The van der Waals surface area contributed by atoms with Gasteiger partial charge < -0.3 is 5.32 Å². The first-order valence-electron chi connectivity index (χ1n) is 4.83. The molecule has 0 aliphatic rings. The lowest BCUT2D eigenvalue weighted by Gasteiger charge is -2.16. The third-order valence-corrected chi connectivity index (χ3v) is 2.40. The maximum atomic E-state index is 13.5. The number of nitrogens with one attached hydrogen (secondary N) is 1. The molecular formula is C12H15F2N. The van der Waals surface area contributed by atoms with E-state index in [2.05, 4.69) is 11.9 Å². The highest BCUT2D eigenvalue weighted by Crippen LogP contribution is 2.23. The van der Waals surface area contributed by atoms with Gasteiger partial charge in [-0.05, 0) is 32.0 Å². The minimum atomic E-state index is -0.515. The maximum Gasteiger partial charge on any atom is 0.130 e. The van der Waals surface area contributed by atoms with Gasteiger partial charge in [-0.2, -0.15) is 0 Å². The molecule has 1 aromatic carbocycles. The van der Waals surface area contributed by atoms with E-state index in [1.54, 1.807) is 20.0 Å². The zero-order chi connectivity index (χ0) is 11.4. The first-order chi connectivity index (χ1) is 7.10. The van der Waals surface area contributed by atoms with Gasteiger partial charge in [-0.1, -0.05) is 6.08 Å². The second-order valence-electron chi connectivity index (χ2n) is 3.49. The van der Waals surface area contributed by atoms with Crippen LogP contribution in [0.5, 0.6) is 0 Å². The number of benzene rings is 1. The molecule has 1 N–H and O–H groups in total. The van der Waals surface area contributed by atoms with Crippen LogP contribution in [0, 0.1) is 18.6 Å². The highest BCUT2D eigenvalue weighted by Gasteiger charge is 2.14. The van der Waals surface area contributed by atoms with Gasteiger partial charge in [0.2, 0.25) is 0 Å². The molecule has 1 atom stereocenters. The van der Waals surface area contributed by atoms with Crippen LogP contribution in [0.15, 0.2) is 24.8 Å². The fourth-order valence-electron chi connectivity index (χ4n) is 1.51. The summed E-state index contributed by atoms with van der Waals surface area (Å²) >= 11 is 0. The summed E-state index contributed by atoms with van der Waals surface area (Å²) in [6.45, 7) is 5.23. The van der Waals surface area contributed by atoms with Crippen molar-refractivity contribution in [2.75, 3.05) is 7.05 Å². The van der Waals surface area contributed by atoms with Crippen LogP contribution in [-0.2, 0) is 0 Å². The van der Waals surface area contributed by atoms with Crippen LogP contribution in [0.2, 0.25) is 0 Å². The number of hydrogen-bond acceptors (Lipinski definition) is 1. The van der Waals surface area contributed by atoms with E-state index >= 15 is 0 Å². The highest BCUT2D eigenvalue weighted by molar-refractivity contribution is 5.28. The van der Waals surface area contributed by atoms with E-state index in [4.69, 9.17) is 0 Å². The Balaban J connectivity index is 3.11. The Morgan fingerprint density at radius 3 is 2.60 bits per heavy atom. The highest BCUT2D eigenvalue weighted by atomic mass is 19.1. The van der Waals surface area contributed by atoms with Gasteiger partial charge in [0.15, 0.2) is 0 Å². The molecule has 82 valence electrons. The topological polar surface area (TPSA) is 12.0 Å². The Labute approximate surface area is 88.8 Å². The van der Waals surface area contributed by atoms with Crippen LogP contribution in [0.4, 0.5) is 8.78 Å². The molecule has 0 aromatic heterocycles. The molecule has 0 saturated carbocycles. The van der Waals surface area contributed by atoms with Crippen molar-refractivity contribution in [3.8, 4) is 0 Å². The Bertz CT molecular complexity index is 361. The fraction of sp³-hybridized carbons (Fsp3) is 0.333. The van der Waals surface area contributed by atoms with Crippen molar-refractivity contribution >= 4 is 0 Å². The summed E-state index contributed by atoms with van der Waals surface area (Å²) in [4.78, 5) is 0. The van der Waals surface area contributed by atoms with Crippen molar-refractivity contribution < 1.29 is 8.78 Å². The first-order valence-corrected chi connectivity index (χ1v) is 4.83. The third kappa shape index (κ3) is 2.63. The molecule has 0 saturated heterocycles. The molecule has 1 nitrogen and oxygen atoms in total. The third-order valence-electron chi connectivity index (χ3n) is 2.40. The number of hydrogen-bond donors (Lipinski definition) is 1. The molecule has 0 spiro atoms. The van der Waals surface area contributed by atoms with Crippen molar-refractivity contribution in [2.45, 2.75) is 19.4 Å². The van der Waals surface area contributed by atoms with Gasteiger partial charge in [0.1, 0.15) is 11.6 Å². The lowest BCUT2D eigenvalue weighted by Crippen LogP contribution is -2.17. The molecule has 0 heterocycles. The molecule has 0 aliphatic heterocycles. The molecule has 0 amide bonds. The van der Waals surface area contributed by atoms with Crippen molar-refractivity contribution in [1.82, 2.24) is 5.32 Å². The van der Waals surface area contributed by atoms with Gasteiger partial charge in [0.25, 0.3) is 0 Å². The zero-order valence-electron chi connectivity index (χ0n) is 8.98. The second-order valence-corrected chi connectivity index (χ2v) is 3.49. The van der Waals surface area contributed by atoms with Crippen LogP contribution in [0.1, 0.15) is 23.6 Å². The van der Waals surface area contributed by atoms with E-state index in [0.29, 0.717) is 17.5 Å². The van der Waals surface area contributed by atoms with E-state index in [-0.39, 0.29) is 6.04 Å². The zero-order valence-corrected chi connectivity index (χ0v) is 8.98. The minimum absolute atomic E-state index is 0.151. The Morgan fingerprint density at radius 2 is 2.07 bits per heavy atom. The van der Waals surface area contributed by atoms with Crippen LogP contribution in [0.25, 0.3) is 0 Å². The molecule has 1 aromatic rings. The van der Waals surface area contributed by atoms with Gasteiger partial charge in [-0.15, -0.1) is 6.58 Å². The predicted molar refractivity (Wildman–Crippen MR) is 57.7 cm³/mol. The average Bonchev–Trinajstić information content (AvgIpc) is 2.20. The molecular weight excluding hydrogens is 196 g/mol. The predicted octanol–water partition coefficient (Wildman–Crippen LogP) is 3.11.